The number of hydrogen-bond donors (Lipinski definition) is 0. The molecule has 0 aromatic rings. The summed E-state index contributed by atoms with van der Waals surface area (Å²) in [6.45, 7) is 8.13. The van der Waals surface area contributed by atoms with E-state index >= 15 is 0 Å². The fraction of sp³-hybridized carbons (Fsp3) is 0.125. The molecule has 0 aromatic carbocycles. The molecule has 2 nitrogen and oxygen atoms in total. The van der Waals surface area contributed by atoms with Crippen LogP contribution in [0.3, 0.4) is 0 Å². The van der Waals surface area contributed by atoms with E-state index in [-0.39, 0.29) is 0 Å². The van der Waals surface area contributed by atoms with Crippen LogP contribution in [0, 0.1) is 0 Å². The van der Waals surface area contributed by atoms with E-state index < -0.39 is 0 Å². The molecule has 0 radical (unpaired) electrons. The lowest BCUT2D eigenvalue weighted by Gasteiger charge is -2.19. The van der Waals surface area contributed by atoms with Crippen molar-refractivity contribution in [2.45, 2.75) is 0 Å². The monoisotopic (exact) mass is 134 g/mol. The minimum Gasteiger partial charge on any atom is -0.330 e. The molecule has 52 valence electrons. The van der Waals surface area contributed by atoms with Gasteiger partial charge in [0.25, 0.3) is 0 Å². The van der Waals surface area contributed by atoms with Crippen LogP contribution < -0.4 is 0 Å². The van der Waals surface area contributed by atoms with Gasteiger partial charge in [-0.3, -0.25) is 0 Å². The van der Waals surface area contributed by atoms with Crippen LogP contribution in [-0.2, 0) is 0 Å². The Morgan fingerprint density at radius 2 is 2.50 bits per heavy atom. The van der Waals surface area contributed by atoms with E-state index in [1.54, 1.807) is 6.21 Å². The van der Waals surface area contributed by atoms with Crippen LogP contribution in [0.5, 0.6) is 0 Å². The van der Waals surface area contributed by atoms with Crippen molar-refractivity contribution in [3.8, 4) is 0 Å². The molecule has 0 amide bonds. The summed E-state index contributed by atoms with van der Waals surface area (Å²) < 4.78 is 0. The van der Waals surface area contributed by atoms with Gasteiger partial charge in [0.1, 0.15) is 5.82 Å². The van der Waals surface area contributed by atoms with E-state index in [9.17, 15) is 0 Å². The lowest BCUT2D eigenvalue weighted by molar-refractivity contribution is 0.511. The van der Waals surface area contributed by atoms with Crippen molar-refractivity contribution < 1.29 is 0 Å². The van der Waals surface area contributed by atoms with Crippen LogP contribution in [0.1, 0.15) is 0 Å². The van der Waals surface area contributed by atoms with Crippen molar-refractivity contribution in [2.75, 3.05) is 6.54 Å². The van der Waals surface area contributed by atoms with Gasteiger partial charge in [-0.15, -0.1) is 6.58 Å². The van der Waals surface area contributed by atoms with Crippen LogP contribution >= 0.6 is 0 Å². The van der Waals surface area contributed by atoms with Crippen LogP contribution in [0.25, 0.3) is 0 Å². The van der Waals surface area contributed by atoms with Gasteiger partial charge in [-0.1, -0.05) is 12.7 Å². The maximum Gasteiger partial charge on any atom is 0.125 e. The highest BCUT2D eigenvalue weighted by Gasteiger charge is 2.00. The average molecular weight is 134 g/mol. The smallest absolute Gasteiger partial charge is 0.125 e. The van der Waals surface area contributed by atoms with Gasteiger partial charge >= 0.3 is 0 Å². The van der Waals surface area contributed by atoms with Crippen molar-refractivity contribution in [1.82, 2.24) is 4.90 Å². The van der Waals surface area contributed by atoms with E-state index in [0.717, 1.165) is 12.4 Å². The minimum atomic E-state index is 0.766. The third-order valence-corrected chi connectivity index (χ3v) is 1.23. The number of rotatable bonds is 2. The van der Waals surface area contributed by atoms with Gasteiger partial charge in [0.2, 0.25) is 0 Å². The number of hydrogen-bond acceptors (Lipinski definition) is 2. The third kappa shape index (κ3) is 1.35. The zero-order chi connectivity index (χ0) is 7.40. The second-order valence-electron chi connectivity index (χ2n) is 1.98. The van der Waals surface area contributed by atoms with Gasteiger partial charge in [0.15, 0.2) is 0 Å². The average Bonchev–Trinajstić information content (AvgIpc) is 1.94. The summed E-state index contributed by atoms with van der Waals surface area (Å²) in [6, 6.07) is 0. The molecular weight excluding hydrogens is 124 g/mol. The van der Waals surface area contributed by atoms with E-state index in [1.807, 2.05) is 23.3 Å². The first-order valence-electron chi connectivity index (χ1n) is 3.12. The van der Waals surface area contributed by atoms with Crippen LogP contribution in [0.4, 0.5) is 0 Å². The van der Waals surface area contributed by atoms with Crippen molar-refractivity contribution in [1.29, 1.82) is 0 Å². The number of allylic oxidation sites excluding steroid dienone is 1. The van der Waals surface area contributed by atoms with Gasteiger partial charge in [-0.05, 0) is 6.08 Å². The van der Waals surface area contributed by atoms with Crippen molar-refractivity contribution >= 4 is 6.21 Å². The van der Waals surface area contributed by atoms with Crippen molar-refractivity contribution in [3.63, 3.8) is 0 Å². The zero-order valence-corrected chi connectivity index (χ0v) is 5.83. The molecule has 10 heavy (non-hydrogen) atoms. The molecule has 0 N–H and O–H groups in total. The molecule has 0 fully saturated rings. The van der Waals surface area contributed by atoms with Gasteiger partial charge < -0.3 is 4.90 Å². The zero-order valence-electron chi connectivity index (χ0n) is 5.83. The summed E-state index contributed by atoms with van der Waals surface area (Å²) in [4.78, 5) is 5.93. The first-order chi connectivity index (χ1) is 4.84. The number of nitrogens with zero attached hydrogens (tertiary/aromatic N) is 2. The first-order valence-corrected chi connectivity index (χ1v) is 3.12. The predicted molar refractivity (Wildman–Crippen MR) is 43.7 cm³/mol. The van der Waals surface area contributed by atoms with Crippen LogP contribution in [0.15, 0.2) is 42.3 Å². The van der Waals surface area contributed by atoms with Crippen molar-refractivity contribution in [2.24, 2.45) is 4.99 Å². The minimum absolute atomic E-state index is 0.766. The Balaban J connectivity index is 2.60. The summed E-state index contributed by atoms with van der Waals surface area (Å²) >= 11 is 0. The standard InChI is InChI=1S/C8H10N2/c1-3-6-10-7-4-5-9-8(10)2/h3-5,7H,1-2,6H2. The summed E-state index contributed by atoms with van der Waals surface area (Å²) in [6.07, 6.45) is 7.34. The summed E-state index contributed by atoms with van der Waals surface area (Å²) in [5.74, 6) is 0.766. The largest absolute Gasteiger partial charge is 0.330 e. The molecule has 0 unspecified atom stereocenters. The fourth-order valence-electron chi connectivity index (χ4n) is 0.737. The molecule has 1 aliphatic rings. The Morgan fingerprint density at radius 3 is 3.10 bits per heavy atom. The second-order valence-corrected chi connectivity index (χ2v) is 1.98. The topological polar surface area (TPSA) is 15.6 Å². The summed E-state index contributed by atoms with van der Waals surface area (Å²) in [7, 11) is 0. The van der Waals surface area contributed by atoms with Gasteiger partial charge in [-0.25, -0.2) is 4.99 Å². The van der Waals surface area contributed by atoms with E-state index in [4.69, 9.17) is 0 Å². The van der Waals surface area contributed by atoms with Crippen LogP contribution in [-0.4, -0.2) is 17.7 Å². The molecule has 1 rings (SSSR count). The maximum absolute atomic E-state index is 4.00. The highest BCUT2D eigenvalue weighted by atomic mass is 15.2. The molecule has 0 saturated carbocycles. The number of aliphatic imine (C=N–C) groups is 1. The van der Waals surface area contributed by atoms with E-state index in [1.165, 1.54) is 0 Å². The second kappa shape index (κ2) is 3.01. The molecule has 0 saturated heterocycles. The predicted octanol–water partition coefficient (Wildman–Crippen LogP) is 1.54. The highest BCUT2D eigenvalue weighted by molar-refractivity contribution is 5.73. The molecule has 0 atom stereocenters. The normalized spacial score (nSPS) is 16.0. The fourth-order valence-corrected chi connectivity index (χ4v) is 0.737. The van der Waals surface area contributed by atoms with Gasteiger partial charge in [-0.2, -0.15) is 0 Å². The molecule has 0 bridgehead atoms. The molecule has 0 spiro atoms. The molecule has 0 aliphatic carbocycles. The summed E-state index contributed by atoms with van der Waals surface area (Å²) in [5, 5.41) is 0. The summed E-state index contributed by atoms with van der Waals surface area (Å²) in [5.41, 5.74) is 0. The lowest BCUT2D eigenvalue weighted by atomic mass is 10.4. The molecular formula is C8H10N2. The lowest BCUT2D eigenvalue weighted by Crippen LogP contribution is -2.16. The van der Waals surface area contributed by atoms with Crippen LogP contribution in [0.2, 0.25) is 0 Å². The first kappa shape index (κ1) is 6.81. The van der Waals surface area contributed by atoms with E-state index in [0.29, 0.717) is 0 Å². The van der Waals surface area contributed by atoms with Gasteiger partial charge in [0.05, 0.1) is 0 Å². The molecule has 0 aromatic heterocycles. The maximum atomic E-state index is 4.00. The quantitative estimate of drug-likeness (QED) is 0.523. The third-order valence-electron chi connectivity index (χ3n) is 1.23. The molecule has 1 aliphatic heterocycles. The SMILES string of the molecule is C=CCN1C=CC=NC1=C. The highest BCUT2D eigenvalue weighted by Crippen LogP contribution is 2.06. The van der Waals surface area contributed by atoms with Gasteiger partial charge in [0, 0.05) is 19.0 Å². The molecule has 2 heteroatoms. The Labute approximate surface area is 60.9 Å². The van der Waals surface area contributed by atoms with E-state index in [2.05, 4.69) is 18.2 Å². The Hall–Kier alpha value is -1.31. The molecule has 1 heterocycles. The Bertz CT molecular complexity index is 201. The Kier molecular flexibility index (Phi) is 2.05. The van der Waals surface area contributed by atoms with Crippen molar-refractivity contribution in [3.05, 3.63) is 37.3 Å². The Morgan fingerprint density at radius 1 is 1.70 bits per heavy atom.